The van der Waals surface area contributed by atoms with Gasteiger partial charge in [-0.3, -0.25) is 4.57 Å². The van der Waals surface area contributed by atoms with E-state index in [2.05, 4.69) is 33.9 Å². The summed E-state index contributed by atoms with van der Waals surface area (Å²) >= 11 is 0. The number of aromatic nitrogens is 2. The van der Waals surface area contributed by atoms with Crippen LogP contribution in [0.25, 0.3) is 5.69 Å². The highest BCUT2D eigenvalue weighted by Crippen LogP contribution is 2.17. The van der Waals surface area contributed by atoms with Gasteiger partial charge < -0.3 is 9.73 Å². The summed E-state index contributed by atoms with van der Waals surface area (Å²) in [6, 6.07) is 14.3. The van der Waals surface area contributed by atoms with Crippen molar-refractivity contribution in [2.24, 2.45) is 0 Å². The van der Waals surface area contributed by atoms with E-state index in [1.165, 1.54) is 0 Å². The molecule has 4 nitrogen and oxygen atoms in total. The van der Waals surface area contributed by atoms with Gasteiger partial charge in [-0.15, -0.1) is 0 Å². The van der Waals surface area contributed by atoms with Gasteiger partial charge in [-0.1, -0.05) is 18.2 Å². The molecule has 0 unspecified atom stereocenters. The predicted molar refractivity (Wildman–Crippen MR) is 82.3 cm³/mol. The van der Waals surface area contributed by atoms with Crippen LogP contribution in [0.15, 0.2) is 59.3 Å². The van der Waals surface area contributed by atoms with Crippen molar-refractivity contribution in [3.8, 4) is 5.69 Å². The molecule has 108 valence electrons. The molecule has 21 heavy (non-hydrogen) atoms. The van der Waals surface area contributed by atoms with Crippen molar-refractivity contribution in [1.29, 1.82) is 0 Å². The first-order valence-corrected chi connectivity index (χ1v) is 7.11. The van der Waals surface area contributed by atoms with Gasteiger partial charge in [-0.05, 0) is 38.1 Å². The number of para-hydroxylation sites is 1. The molecule has 0 aliphatic carbocycles. The molecule has 0 radical (unpaired) electrons. The maximum absolute atomic E-state index is 5.42. The number of rotatable bonds is 5. The lowest BCUT2D eigenvalue weighted by molar-refractivity contribution is 0.428. The molecule has 1 atom stereocenters. The minimum atomic E-state index is 0.166. The second-order valence-electron chi connectivity index (χ2n) is 5.09. The molecule has 0 fully saturated rings. The van der Waals surface area contributed by atoms with E-state index in [4.69, 9.17) is 4.42 Å². The third kappa shape index (κ3) is 2.90. The maximum atomic E-state index is 5.42. The number of nitrogens with zero attached hydrogens (tertiary/aromatic N) is 2. The summed E-state index contributed by atoms with van der Waals surface area (Å²) in [5.41, 5.74) is 2.27. The Bertz CT molecular complexity index is 686. The van der Waals surface area contributed by atoms with Crippen LogP contribution >= 0.6 is 0 Å². The summed E-state index contributed by atoms with van der Waals surface area (Å²) in [5.74, 6) is 1.93. The monoisotopic (exact) mass is 281 g/mol. The van der Waals surface area contributed by atoms with Gasteiger partial charge in [-0.2, -0.15) is 0 Å². The zero-order chi connectivity index (χ0) is 14.7. The first-order chi connectivity index (χ1) is 10.3. The van der Waals surface area contributed by atoms with E-state index in [0.29, 0.717) is 0 Å². The Labute approximate surface area is 124 Å². The van der Waals surface area contributed by atoms with Crippen molar-refractivity contribution < 1.29 is 4.42 Å². The van der Waals surface area contributed by atoms with Gasteiger partial charge >= 0.3 is 0 Å². The topological polar surface area (TPSA) is 43.0 Å². The Kier molecular flexibility index (Phi) is 3.88. The first kappa shape index (κ1) is 13.6. The van der Waals surface area contributed by atoms with E-state index in [1.807, 2.05) is 43.5 Å². The molecular weight excluding hydrogens is 262 g/mol. The molecule has 1 N–H and O–H groups in total. The van der Waals surface area contributed by atoms with E-state index in [1.54, 1.807) is 6.26 Å². The van der Waals surface area contributed by atoms with Gasteiger partial charge in [0.2, 0.25) is 0 Å². The Morgan fingerprint density at radius 3 is 2.71 bits per heavy atom. The molecule has 0 saturated carbocycles. The fourth-order valence-electron chi connectivity index (χ4n) is 2.44. The van der Waals surface area contributed by atoms with E-state index >= 15 is 0 Å². The zero-order valence-electron chi connectivity index (χ0n) is 12.3. The molecule has 0 spiro atoms. The van der Waals surface area contributed by atoms with Gasteiger partial charge in [0.25, 0.3) is 0 Å². The summed E-state index contributed by atoms with van der Waals surface area (Å²) in [4.78, 5) is 4.43. The maximum Gasteiger partial charge on any atom is 0.120 e. The number of aryl methyl sites for hydroxylation is 1. The number of nitrogens with one attached hydrogen (secondary N) is 1. The van der Waals surface area contributed by atoms with Crippen molar-refractivity contribution in [3.05, 3.63) is 72.2 Å². The number of hydrogen-bond donors (Lipinski definition) is 1. The molecule has 0 aliphatic heterocycles. The van der Waals surface area contributed by atoms with Crippen LogP contribution in [0.4, 0.5) is 0 Å². The van der Waals surface area contributed by atoms with Crippen molar-refractivity contribution in [2.45, 2.75) is 26.4 Å². The van der Waals surface area contributed by atoms with Gasteiger partial charge in [0.05, 0.1) is 24.2 Å². The Morgan fingerprint density at radius 1 is 1.19 bits per heavy atom. The number of hydrogen-bond acceptors (Lipinski definition) is 3. The van der Waals surface area contributed by atoms with Crippen LogP contribution in [0.3, 0.4) is 0 Å². The van der Waals surface area contributed by atoms with Gasteiger partial charge in [0, 0.05) is 12.2 Å². The summed E-state index contributed by atoms with van der Waals surface area (Å²) in [5, 5.41) is 3.47. The SMILES string of the molecule is Cc1ncc(CN[C@H](C)c2ccco2)n1-c1ccccc1. The predicted octanol–water partition coefficient (Wildman–Crippen LogP) is 3.62. The summed E-state index contributed by atoms with van der Waals surface area (Å²) in [6.07, 6.45) is 3.62. The van der Waals surface area contributed by atoms with Crippen LogP contribution < -0.4 is 5.32 Å². The van der Waals surface area contributed by atoms with Crippen LogP contribution in [0.5, 0.6) is 0 Å². The summed E-state index contributed by atoms with van der Waals surface area (Å²) in [7, 11) is 0. The molecule has 4 heteroatoms. The number of benzene rings is 1. The third-order valence-electron chi connectivity index (χ3n) is 3.58. The molecule has 3 aromatic rings. The van der Waals surface area contributed by atoms with Crippen molar-refractivity contribution in [3.63, 3.8) is 0 Å². The van der Waals surface area contributed by atoms with Crippen molar-refractivity contribution in [2.75, 3.05) is 0 Å². The second-order valence-corrected chi connectivity index (χ2v) is 5.09. The first-order valence-electron chi connectivity index (χ1n) is 7.11. The minimum Gasteiger partial charge on any atom is -0.468 e. The third-order valence-corrected chi connectivity index (χ3v) is 3.58. The van der Waals surface area contributed by atoms with Crippen LogP contribution in [0.2, 0.25) is 0 Å². The Hall–Kier alpha value is -2.33. The normalized spacial score (nSPS) is 12.5. The lowest BCUT2D eigenvalue weighted by Crippen LogP contribution is -2.19. The highest BCUT2D eigenvalue weighted by Gasteiger charge is 2.11. The molecule has 2 heterocycles. The average molecular weight is 281 g/mol. The Balaban J connectivity index is 1.78. The smallest absolute Gasteiger partial charge is 0.120 e. The molecule has 0 bridgehead atoms. The molecule has 0 saturated heterocycles. The molecule has 1 aromatic carbocycles. The van der Waals surface area contributed by atoms with E-state index in [9.17, 15) is 0 Å². The van der Waals surface area contributed by atoms with E-state index in [0.717, 1.165) is 29.5 Å². The lowest BCUT2D eigenvalue weighted by Gasteiger charge is -2.14. The van der Waals surface area contributed by atoms with Crippen molar-refractivity contribution >= 4 is 0 Å². The molecule has 0 amide bonds. The standard InChI is InChI=1S/C17H19N3O/c1-13(17-9-6-10-21-17)18-11-16-12-19-14(2)20(16)15-7-4-3-5-8-15/h3-10,12-13,18H,11H2,1-2H3/t13-/m1/s1. The molecule has 2 aromatic heterocycles. The van der Waals surface area contributed by atoms with Gasteiger partial charge in [0.15, 0.2) is 0 Å². The van der Waals surface area contributed by atoms with Crippen molar-refractivity contribution in [1.82, 2.24) is 14.9 Å². The van der Waals surface area contributed by atoms with Gasteiger partial charge in [0.1, 0.15) is 11.6 Å². The van der Waals surface area contributed by atoms with Crippen LogP contribution in [0.1, 0.15) is 30.2 Å². The summed E-state index contributed by atoms with van der Waals surface area (Å²) < 4.78 is 7.59. The van der Waals surface area contributed by atoms with Crippen LogP contribution in [0, 0.1) is 6.92 Å². The molecule has 3 rings (SSSR count). The molecular formula is C17H19N3O. The summed E-state index contributed by atoms with van der Waals surface area (Å²) in [6.45, 7) is 4.85. The lowest BCUT2D eigenvalue weighted by atomic mass is 10.2. The second kappa shape index (κ2) is 5.97. The average Bonchev–Trinajstić information content (AvgIpc) is 3.15. The quantitative estimate of drug-likeness (QED) is 0.776. The largest absolute Gasteiger partial charge is 0.468 e. The molecule has 0 aliphatic rings. The number of furan rings is 1. The van der Waals surface area contributed by atoms with Gasteiger partial charge in [-0.25, -0.2) is 4.98 Å². The van der Waals surface area contributed by atoms with E-state index < -0.39 is 0 Å². The van der Waals surface area contributed by atoms with E-state index in [-0.39, 0.29) is 6.04 Å². The highest BCUT2D eigenvalue weighted by molar-refractivity contribution is 5.35. The van der Waals surface area contributed by atoms with Crippen LogP contribution in [-0.4, -0.2) is 9.55 Å². The number of imidazole rings is 1. The Morgan fingerprint density at radius 2 is 2.00 bits per heavy atom. The fourth-order valence-corrected chi connectivity index (χ4v) is 2.44. The zero-order valence-corrected chi connectivity index (χ0v) is 12.3. The fraction of sp³-hybridized carbons (Fsp3) is 0.235. The minimum absolute atomic E-state index is 0.166. The highest BCUT2D eigenvalue weighted by atomic mass is 16.3. The van der Waals surface area contributed by atoms with Crippen LogP contribution in [-0.2, 0) is 6.54 Å².